The van der Waals surface area contributed by atoms with Gasteiger partial charge in [-0.2, -0.15) is 5.10 Å². The molecule has 1 aliphatic rings. The molecule has 0 radical (unpaired) electrons. The van der Waals surface area contributed by atoms with Crippen LogP contribution in [0.15, 0.2) is 48.9 Å². The zero-order valence-corrected chi connectivity index (χ0v) is 16.6. The summed E-state index contributed by atoms with van der Waals surface area (Å²) in [5.41, 5.74) is 1.61. The maximum absolute atomic E-state index is 13.0. The Kier molecular flexibility index (Phi) is 5.16. The zero-order chi connectivity index (χ0) is 20.4. The minimum Gasteiger partial charge on any atom is -0.337 e. The summed E-state index contributed by atoms with van der Waals surface area (Å²) in [4.78, 5) is 31.3. The van der Waals surface area contributed by atoms with Gasteiger partial charge in [0.1, 0.15) is 5.82 Å². The monoisotopic (exact) mass is 392 g/mol. The van der Waals surface area contributed by atoms with E-state index in [0.29, 0.717) is 31.0 Å². The molecule has 1 N–H and O–H groups in total. The standard InChI is InChI=1S/C21H24N6O2/c1-3-27-10-8-19(24-27)23-20(28)17-13-26(14-17)21(29)18-7-5-4-6-16(18)12-25-11-9-22-15(25)2/h4-11,17H,3,12-14H2,1-2H3,(H,23,24,28). The van der Waals surface area contributed by atoms with Crippen molar-refractivity contribution in [3.63, 3.8) is 0 Å². The minimum atomic E-state index is -0.214. The Hall–Kier alpha value is -3.42. The number of likely N-dealkylation sites (tertiary alicyclic amines) is 1. The molecule has 3 heterocycles. The third-order valence-electron chi connectivity index (χ3n) is 5.27. The van der Waals surface area contributed by atoms with Crippen LogP contribution in [0.1, 0.15) is 28.7 Å². The predicted octanol–water partition coefficient (Wildman–Crippen LogP) is 2.17. The number of imidazole rings is 1. The Labute approximate surface area is 169 Å². The van der Waals surface area contributed by atoms with Crippen LogP contribution in [0.5, 0.6) is 0 Å². The van der Waals surface area contributed by atoms with Crippen molar-refractivity contribution in [3.8, 4) is 0 Å². The van der Waals surface area contributed by atoms with Gasteiger partial charge in [-0.25, -0.2) is 4.98 Å². The Balaban J connectivity index is 1.38. The summed E-state index contributed by atoms with van der Waals surface area (Å²) >= 11 is 0. The number of benzene rings is 1. The zero-order valence-electron chi connectivity index (χ0n) is 16.6. The highest BCUT2D eigenvalue weighted by Gasteiger charge is 2.36. The van der Waals surface area contributed by atoms with E-state index in [0.717, 1.165) is 17.9 Å². The number of carbonyl (C=O) groups is 2. The largest absolute Gasteiger partial charge is 0.337 e. The number of rotatable bonds is 6. The Morgan fingerprint density at radius 2 is 1.97 bits per heavy atom. The molecular weight excluding hydrogens is 368 g/mol. The van der Waals surface area contributed by atoms with Gasteiger partial charge in [-0.1, -0.05) is 18.2 Å². The molecule has 0 atom stereocenters. The van der Waals surface area contributed by atoms with Gasteiger partial charge in [0, 0.05) is 56.4 Å². The maximum Gasteiger partial charge on any atom is 0.254 e. The second-order valence-corrected chi connectivity index (χ2v) is 7.21. The number of carbonyl (C=O) groups excluding carboxylic acids is 2. The summed E-state index contributed by atoms with van der Waals surface area (Å²) in [5, 5.41) is 7.09. The summed E-state index contributed by atoms with van der Waals surface area (Å²) in [6, 6.07) is 9.37. The van der Waals surface area contributed by atoms with Crippen LogP contribution in [0.4, 0.5) is 5.82 Å². The molecule has 1 aliphatic heterocycles. The fourth-order valence-electron chi connectivity index (χ4n) is 3.43. The van der Waals surface area contributed by atoms with Crippen molar-refractivity contribution in [1.82, 2.24) is 24.2 Å². The average molecular weight is 392 g/mol. The van der Waals surface area contributed by atoms with Crippen molar-refractivity contribution >= 4 is 17.6 Å². The molecule has 3 aromatic rings. The molecule has 4 rings (SSSR count). The Bertz CT molecular complexity index is 1030. The van der Waals surface area contributed by atoms with Gasteiger partial charge in [0.15, 0.2) is 5.82 Å². The first-order valence-electron chi connectivity index (χ1n) is 9.74. The van der Waals surface area contributed by atoms with Crippen LogP contribution in [0.2, 0.25) is 0 Å². The van der Waals surface area contributed by atoms with Crippen molar-refractivity contribution in [2.24, 2.45) is 5.92 Å². The number of amides is 2. The number of aryl methyl sites for hydroxylation is 2. The summed E-state index contributed by atoms with van der Waals surface area (Å²) in [6.45, 7) is 6.09. The molecule has 0 spiro atoms. The summed E-state index contributed by atoms with van der Waals surface area (Å²) in [6.07, 6.45) is 5.48. The topological polar surface area (TPSA) is 85.0 Å². The van der Waals surface area contributed by atoms with E-state index >= 15 is 0 Å². The molecular formula is C21H24N6O2. The molecule has 8 nitrogen and oxygen atoms in total. The number of aromatic nitrogens is 4. The van der Waals surface area contributed by atoms with E-state index < -0.39 is 0 Å². The second kappa shape index (κ2) is 7.90. The van der Waals surface area contributed by atoms with Crippen LogP contribution in [0, 0.1) is 12.8 Å². The molecule has 0 saturated carbocycles. The number of hydrogen-bond donors (Lipinski definition) is 1. The number of nitrogens with one attached hydrogen (secondary N) is 1. The van der Waals surface area contributed by atoms with Gasteiger partial charge in [-0.15, -0.1) is 0 Å². The molecule has 29 heavy (non-hydrogen) atoms. The van der Waals surface area contributed by atoms with Gasteiger partial charge in [-0.05, 0) is 25.5 Å². The highest BCUT2D eigenvalue weighted by molar-refractivity contribution is 5.99. The van der Waals surface area contributed by atoms with Gasteiger partial charge >= 0.3 is 0 Å². The first-order chi connectivity index (χ1) is 14.0. The fourth-order valence-corrected chi connectivity index (χ4v) is 3.43. The van der Waals surface area contributed by atoms with E-state index in [9.17, 15) is 9.59 Å². The van der Waals surface area contributed by atoms with Gasteiger partial charge in [-0.3, -0.25) is 14.3 Å². The highest BCUT2D eigenvalue weighted by Crippen LogP contribution is 2.22. The van der Waals surface area contributed by atoms with Gasteiger partial charge in [0.25, 0.3) is 5.91 Å². The van der Waals surface area contributed by atoms with Gasteiger partial charge < -0.3 is 14.8 Å². The fraction of sp³-hybridized carbons (Fsp3) is 0.333. The van der Waals surface area contributed by atoms with Crippen LogP contribution in [0.3, 0.4) is 0 Å². The first-order valence-corrected chi connectivity index (χ1v) is 9.74. The van der Waals surface area contributed by atoms with E-state index in [4.69, 9.17) is 0 Å². The Morgan fingerprint density at radius 1 is 1.17 bits per heavy atom. The third-order valence-corrected chi connectivity index (χ3v) is 5.27. The normalized spacial score (nSPS) is 13.9. The van der Waals surface area contributed by atoms with E-state index in [1.807, 2.05) is 55.1 Å². The van der Waals surface area contributed by atoms with E-state index in [1.165, 1.54) is 0 Å². The Morgan fingerprint density at radius 3 is 2.66 bits per heavy atom. The summed E-state index contributed by atoms with van der Waals surface area (Å²) in [5.74, 6) is 1.09. The van der Waals surface area contributed by atoms with Crippen molar-refractivity contribution < 1.29 is 9.59 Å². The minimum absolute atomic E-state index is 0.0438. The molecule has 2 amide bonds. The number of nitrogens with zero attached hydrogens (tertiary/aromatic N) is 5. The average Bonchev–Trinajstić information content (AvgIpc) is 3.30. The van der Waals surface area contributed by atoms with Crippen molar-refractivity contribution in [1.29, 1.82) is 0 Å². The highest BCUT2D eigenvalue weighted by atomic mass is 16.2. The van der Waals surface area contributed by atoms with Crippen molar-refractivity contribution in [2.75, 3.05) is 18.4 Å². The van der Waals surface area contributed by atoms with Crippen molar-refractivity contribution in [2.45, 2.75) is 26.9 Å². The van der Waals surface area contributed by atoms with E-state index in [2.05, 4.69) is 15.4 Å². The van der Waals surface area contributed by atoms with Gasteiger partial charge in [0.2, 0.25) is 5.91 Å². The lowest BCUT2D eigenvalue weighted by atomic mass is 9.96. The van der Waals surface area contributed by atoms with E-state index in [-0.39, 0.29) is 17.7 Å². The van der Waals surface area contributed by atoms with E-state index in [1.54, 1.807) is 21.8 Å². The third kappa shape index (κ3) is 3.91. The molecule has 8 heteroatoms. The van der Waals surface area contributed by atoms with Gasteiger partial charge in [0.05, 0.1) is 5.92 Å². The van der Waals surface area contributed by atoms with Crippen LogP contribution < -0.4 is 5.32 Å². The second-order valence-electron chi connectivity index (χ2n) is 7.21. The number of hydrogen-bond acceptors (Lipinski definition) is 4. The van der Waals surface area contributed by atoms with Crippen molar-refractivity contribution in [3.05, 3.63) is 65.9 Å². The van der Waals surface area contributed by atoms with Crippen LogP contribution in [-0.2, 0) is 17.9 Å². The smallest absolute Gasteiger partial charge is 0.254 e. The molecule has 1 fully saturated rings. The molecule has 0 unspecified atom stereocenters. The van der Waals surface area contributed by atoms with Crippen LogP contribution in [0.25, 0.3) is 0 Å². The number of anilines is 1. The lowest BCUT2D eigenvalue weighted by molar-refractivity contribution is -0.123. The maximum atomic E-state index is 13.0. The molecule has 1 saturated heterocycles. The molecule has 1 aromatic carbocycles. The lowest BCUT2D eigenvalue weighted by Gasteiger charge is -2.38. The molecule has 150 valence electrons. The predicted molar refractivity (Wildman–Crippen MR) is 108 cm³/mol. The van der Waals surface area contributed by atoms with Crippen LogP contribution in [-0.4, -0.2) is 49.1 Å². The molecule has 2 aromatic heterocycles. The SMILES string of the molecule is CCn1ccc(NC(=O)C2CN(C(=O)c3ccccc3Cn3ccnc3C)C2)n1. The lowest BCUT2D eigenvalue weighted by Crippen LogP contribution is -2.54. The quantitative estimate of drug-likeness (QED) is 0.697. The summed E-state index contributed by atoms with van der Waals surface area (Å²) < 4.78 is 3.76. The molecule has 0 bridgehead atoms. The van der Waals surface area contributed by atoms with Crippen LogP contribution >= 0.6 is 0 Å². The molecule has 0 aliphatic carbocycles. The summed E-state index contributed by atoms with van der Waals surface area (Å²) in [7, 11) is 0. The first kappa shape index (κ1) is 18.9.